The number of hydrogen-bond donors (Lipinski definition) is 1. The Morgan fingerprint density at radius 3 is 2.76 bits per heavy atom. The highest BCUT2D eigenvalue weighted by atomic mass is 16.5. The third kappa shape index (κ3) is 3.79. The van der Waals surface area contributed by atoms with E-state index in [-0.39, 0.29) is 0 Å². The molecule has 6 rings (SSSR count). The first-order valence-corrected chi connectivity index (χ1v) is 10.7. The van der Waals surface area contributed by atoms with E-state index in [0.29, 0.717) is 19.0 Å². The third-order valence-electron chi connectivity index (χ3n) is 5.61. The molecule has 5 aromatic rings. The Balaban J connectivity index is 1.36. The molecule has 4 aromatic heterocycles. The van der Waals surface area contributed by atoms with Gasteiger partial charge in [0, 0.05) is 54.1 Å². The van der Waals surface area contributed by atoms with E-state index in [9.17, 15) is 0 Å². The van der Waals surface area contributed by atoms with Gasteiger partial charge in [0.1, 0.15) is 17.7 Å². The summed E-state index contributed by atoms with van der Waals surface area (Å²) in [5.41, 5.74) is 7.37. The first kappa shape index (κ1) is 19.4. The Morgan fingerprint density at radius 2 is 1.88 bits per heavy atom. The molecule has 1 aliphatic rings. The Morgan fingerprint density at radius 1 is 1.03 bits per heavy atom. The van der Waals surface area contributed by atoms with E-state index in [2.05, 4.69) is 20.4 Å². The van der Waals surface area contributed by atoms with Gasteiger partial charge in [-0.2, -0.15) is 14.7 Å². The molecule has 9 heteroatoms. The topological polar surface area (TPSA) is 93.1 Å². The van der Waals surface area contributed by atoms with E-state index in [4.69, 9.17) is 19.2 Å². The number of nitrogens with one attached hydrogen (secondary N) is 1. The van der Waals surface area contributed by atoms with Crippen LogP contribution >= 0.6 is 0 Å². The van der Waals surface area contributed by atoms with Gasteiger partial charge in [-0.25, -0.2) is 4.98 Å². The van der Waals surface area contributed by atoms with Crippen LogP contribution in [0.25, 0.3) is 27.9 Å². The second-order valence-corrected chi connectivity index (χ2v) is 7.69. The molecule has 0 saturated carbocycles. The molecular formula is C24H21N7O2. The number of benzene rings is 1. The van der Waals surface area contributed by atoms with Crippen LogP contribution in [-0.4, -0.2) is 52.1 Å². The van der Waals surface area contributed by atoms with E-state index in [1.807, 2.05) is 53.0 Å². The molecule has 1 aromatic carbocycles. The number of ether oxygens (including phenoxy) is 1. The average Bonchev–Trinajstić information content (AvgIpc) is 3.49. The second kappa shape index (κ2) is 8.36. The van der Waals surface area contributed by atoms with Crippen LogP contribution in [0, 0.1) is 0 Å². The minimum atomic E-state index is 0.634. The summed E-state index contributed by atoms with van der Waals surface area (Å²) in [6.07, 6.45) is 6.96. The van der Waals surface area contributed by atoms with Crippen LogP contribution in [0.5, 0.6) is 0 Å². The summed E-state index contributed by atoms with van der Waals surface area (Å²) in [7, 11) is 0. The molecule has 33 heavy (non-hydrogen) atoms. The van der Waals surface area contributed by atoms with Crippen LogP contribution < -0.4 is 10.3 Å². The van der Waals surface area contributed by atoms with Crippen LogP contribution in [0.15, 0.2) is 76.7 Å². The molecular weight excluding hydrogens is 418 g/mol. The lowest BCUT2D eigenvalue weighted by molar-refractivity contribution is 0.122. The highest BCUT2D eigenvalue weighted by molar-refractivity contribution is 5.97. The predicted octanol–water partition coefficient (Wildman–Crippen LogP) is 3.82. The van der Waals surface area contributed by atoms with E-state index in [1.54, 1.807) is 24.9 Å². The number of fused-ring (bicyclic) bond motifs is 2. The number of pyridine rings is 1. The van der Waals surface area contributed by atoms with Gasteiger partial charge in [0.15, 0.2) is 11.5 Å². The molecule has 164 valence electrons. The maximum Gasteiger partial charge on any atom is 0.160 e. The summed E-state index contributed by atoms with van der Waals surface area (Å²) in [5.74, 6) is 1.57. The van der Waals surface area contributed by atoms with Crippen LogP contribution in [0.4, 0.5) is 11.6 Å². The monoisotopic (exact) mass is 439 g/mol. The van der Waals surface area contributed by atoms with Gasteiger partial charge in [0.2, 0.25) is 0 Å². The molecule has 5 heterocycles. The molecule has 1 N–H and O–H groups in total. The lowest BCUT2D eigenvalue weighted by atomic mass is 10.2. The molecule has 9 nitrogen and oxygen atoms in total. The lowest BCUT2D eigenvalue weighted by Gasteiger charge is -2.29. The fraction of sp³-hybridized carbons (Fsp3) is 0.167. The lowest BCUT2D eigenvalue weighted by Crippen LogP contribution is -2.37. The van der Waals surface area contributed by atoms with E-state index < -0.39 is 0 Å². The Bertz CT molecular complexity index is 1440. The fourth-order valence-corrected chi connectivity index (χ4v) is 3.96. The molecule has 1 fully saturated rings. The number of anilines is 2. The van der Waals surface area contributed by atoms with Gasteiger partial charge in [-0.05, 0) is 18.2 Å². The molecule has 1 aliphatic heterocycles. The summed E-state index contributed by atoms with van der Waals surface area (Å²) in [6, 6.07) is 15.7. The summed E-state index contributed by atoms with van der Waals surface area (Å²) >= 11 is 0. The van der Waals surface area contributed by atoms with Crippen molar-refractivity contribution in [1.29, 1.82) is 0 Å². The zero-order valence-electron chi connectivity index (χ0n) is 17.8. The zero-order chi connectivity index (χ0) is 22.0. The van der Waals surface area contributed by atoms with Crippen molar-refractivity contribution in [3.05, 3.63) is 72.8 Å². The van der Waals surface area contributed by atoms with Gasteiger partial charge < -0.3 is 14.1 Å². The van der Waals surface area contributed by atoms with E-state index in [0.717, 1.165) is 52.3 Å². The van der Waals surface area contributed by atoms with Gasteiger partial charge in [-0.3, -0.25) is 10.4 Å². The number of furan rings is 1. The molecule has 1 saturated heterocycles. The van der Waals surface area contributed by atoms with Gasteiger partial charge in [0.05, 0.1) is 25.1 Å². The number of morpholine rings is 1. The first-order valence-electron chi connectivity index (χ1n) is 10.7. The summed E-state index contributed by atoms with van der Waals surface area (Å²) in [6.45, 7) is 2.92. The fourth-order valence-electron chi connectivity index (χ4n) is 3.96. The predicted molar refractivity (Wildman–Crippen MR) is 127 cm³/mol. The number of aromatic nitrogens is 4. The number of hydrogen-bond acceptors (Lipinski definition) is 8. The smallest absolute Gasteiger partial charge is 0.160 e. The minimum Gasteiger partial charge on any atom is -0.464 e. The van der Waals surface area contributed by atoms with Crippen molar-refractivity contribution in [3.8, 4) is 11.3 Å². The normalized spacial score (nSPS) is 14.5. The zero-order valence-corrected chi connectivity index (χ0v) is 17.8. The van der Waals surface area contributed by atoms with E-state index in [1.165, 1.54) is 0 Å². The molecule has 0 atom stereocenters. The average molecular weight is 439 g/mol. The summed E-state index contributed by atoms with van der Waals surface area (Å²) < 4.78 is 13.0. The number of hydrazone groups is 1. The molecule has 0 unspecified atom stereocenters. The van der Waals surface area contributed by atoms with Crippen molar-refractivity contribution in [3.63, 3.8) is 0 Å². The van der Waals surface area contributed by atoms with Crippen molar-refractivity contribution in [2.45, 2.75) is 0 Å². The van der Waals surface area contributed by atoms with Crippen LogP contribution in [0.1, 0.15) is 5.56 Å². The quantitative estimate of drug-likeness (QED) is 0.329. The maximum atomic E-state index is 5.58. The Labute approximate surface area is 189 Å². The van der Waals surface area contributed by atoms with Crippen LogP contribution in [-0.2, 0) is 4.74 Å². The SMILES string of the molecule is C(=N\Nc1cc(N2CCOCC2)n2nc(-c3ccncc3)cc2n1)/c1coc2ccccc12. The minimum absolute atomic E-state index is 0.634. The van der Waals surface area contributed by atoms with Crippen molar-refractivity contribution in [1.82, 2.24) is 19.6 Å². The van der Waals surface area contributed by atoms with Gasteiger partial charge >= 0.3 is 0 Å². The largest absolute Gasteiger partial charge is 0.464 e. The maximum absolute atomic E-state index is 5.58. The third-order valence-corrected chi connectivity index (χ3v) is 5.61. The highest BCUT2D eigenvalue weighted by Gasteiger charge is 2.18. The molecule has 0 bridgehead atoms. The van der Waals surface area contributed by atoms with Crippen molar-refractivity contribution in [2.24, 2.45) is 5.10 Å². The Kier molecular flexibility index (Phi) is 4.93. The van der Waals surface area contributed by atoms with Crippen molar-refractivity contribution >= 4 is 34.5 Å². The molecule has 0 spiro atoms. The number of rotatable bonds is 5. The summed E-state index contributed by atoms with van der Waals surface area (Å²) in [5, 5.41) is 10.2. The second-order valence-electron chi connectivity index (χ2n) is 7.69. The van der Waals surface area contributed by atoms with Crippen LogP contribution in [0.3, 0.4) is 0 Å². The van der Waals surface area contributed by atoms with Gasteiger partial charge in [0.25, 0.3) is 0 Å². The van der Waals surface area contributed by atoms with Crippen LogP contribution in [0.2, 0.25) is 0 Å². The van der Waals surface area contributed by atoms with Gasteiger partial charge in [-0.15, -0.1) is 0 Å². The number of para-hydroxylation sites is 1. The van der Waals surface area contributed by atoms with Gasteiger partial charge in [-0.1, -0.05) is 18.2 Å². The van der Waals surface area contributed by atoms with Crippen molar-refractivity contribution < 1.29 is 9.15 Å². The number of nitrogens with zero attached hydrogens (tertiary/aromatic N) is 6. The Hall–Kier alpha value is -4.24. The van der Waals surface area contributed by atoms with E-state index >= 15 is 0 Å². The van der Waals surface area contributed by atoms with Crippen molar-refractivity contribution in [2.75, 3.05) is 36.6 Å². The molecule has 0 aliphatic carbocycles. The summed E-state index contributed by atoms with van der Waals surface area (Å²) in [4.78, 5) is 11.1. The molecule has 0 radical (unpaired) electrons. The standard InChI is InChI=1S/C24H21N7O2/c1-2-4-21-19(3-1)18(16-33-21)15-26-28-22-14-24(30-9-11-32-12-10-30)31-23(27-22)13-20(29-31)17-5-7-25-8-6-17/h1-8,13-16H,9-12H2,(H,27,28)/b26-15+. The molecule has 0 amide bonds. The first-order chi connectivity index (χ1) is 16.3. The highest BCUT2D eigenvalue weighted by Crippen LogP contribution is 2.26.